The minimum absolute atomic E-state index is 0.0103. The monoisotopic (exact) mass is 526 g/mol. The summed E-state index contributed by atoms with van der Waals surface area (Å²) in [6.45, 7) is 4.74. The molecule has 2 heterocycles. The fourth-order valence-electron chi connectivity index (χ4n) is 3.56. The molecular formula is C24H29F3N4O4S. The fraction of sp³-hybridized carbons (Fsp3) is 0.458. The van der Waals surface area contributed by atoms with E-state index in [-0.39, 0.29) is 24.5 Å². The maximum absolute atomic E-state index is 13.3. The second-order valence-corrected chi connectivity index (χ2v) is 11.7. The van der Waals surface area contributed by atoms with Crippen LogP contribution in [-0.2, 0) is 15.3 Å². The van der Waals surface area contributed by atoms with Crippen LogP contribution in [-0.4, -0.2) is 67.3 Å². The molecule has 1 aromatic carbocycles. The van der Waals surface area contributed by atoms with E-state index in [1.165, 1.54) is 17.2 Å². The third-order valence-corrected chi connectivity index (χ3v) is 6.01. The lowest BCUT2D eigenvalue weighted by atomic mass is 9.91. The molecule has 0 radical (unpaired) electrons. The van der Waals surface area contributed by atoms with Gasteiger partial charge in [0.2, 0.25) is 5.88 Å². The van der Waals surface area contributed by atoms with Crippen LogP contribution in [0.3, 0.4) is 0 Å². The second-order valence-electron chi connectivity index (χ2n) is 9.80. The van der Waals surface area contributed by atoms with Gasteiger partial charge >= 0.3 is 6.18 Å². The van der Waals surface area contributed by atoms with Crippen LogP contribution in [0.1, 0.15) is 37.0 Å². The van der Waals surface area contributed by atoms with Crippen LogP contribution < -0.4 is 10.1 Å². The first-order chi connectivity index (χ1) is 16.6. The molecule has 1 fully saturated rings. The molecule has 0 spiro atoms. The number of carbonyl (C=O) groups excluding carboxylic acids is 1. The molecular weight excluding hydrogens is 497 g/mol. The van der Waals surface area contributed by atoms with Gasteiger partial charge in [-0.2, -0.15) is 18.2 Å². The standard InChI is InChI=1S/C24H29F3N4O4S/c1-23(2,3)22-28-12-18(21(30-22)35-17-8-6-5-7-9-17)20(32)29-19(10-11-36(4,33)34)16-13-31(14-16)15-24(25,26)27/h5-12,16,19H,13-15H2,1-4H3,(H,29,32)/b11-10+. The average Bonchev–Trinajstić information content (AvgIpc) is 2.72. The van der Waals surface area contributed by atoms with Crippen LogP contribution in [0.25, 0.3) is 0 Å². The van der Waals surface area contributed by atoms with Crippen LogP contribution in [0.15, 0.2) is 48.0 Å². The number of carbonyl (C=O) groups is 1. The van der Waals surface area contributed by atoms with Gasteiger partial charge in [-0.1, -0.05) is 45.0 Å². The normalized spacial score (nSPS) is 16.5. The van der Waals surface area contributed by atoms with Crippen molar-refractivity contribution in [1.29, 1.82) is 0 Å². The highest BCUT2D eigenvalue weighted by Gasteiger charge is 2.40. The fourth-order valence-corrected chi connectivity index (χ4v) is 4.02. The molecule has 1 N–H and O–H groups in total. The first kappa shape index (κ1) is 27.6. The third kappa shape index (κ3) is 8.02. The first-order valence-electron chi connectivity index (χ1n) is 11.2. The maximum Gasteiger partial charge on any atom is 0.401 e. The van der Waals surface area contributed by atoms with Gasteiger partial charge in [0.25, 0.3) is 5.91 Å². The second kappa shape index (κ2) is 10.6. The van der Waals surface area contributed by atoms with E-state index in [4.69, 9.17) is 4.74 Å². The van der Waals surface area contributed by atoms with Crippen molar-refractivity contribution in [3.63, 3.8) is 0 Å². The number of likely N-dealkylation sites (tertiary alicyclic amines) is 1. The summed E-state index contributed by atoms with van der Waals surface area (Å²) >= 11 is 0. The number of sulfone groups is 1. The van der Waals surface area contributed by atoms with E-state index in [0.29, 0.717) is 11.6 Å². The van der Waals surface area contributed by atoms with Gasteiger partial charge < -0.3 is 10.1 Å². The number of rotatable bonds is 8. The van der Waals surface area contributed by atoms with Crippen molar-refractivity contribution in [2.75, 3.05) is 25.9 Å². The number of benzene rings is 1. The van der Waals surface area contributed by atoms with Crippen LogP contribution in [0.2, 0.25) is 0 Å². The maximum atomic E-state index is 13.3. The highest BCUT2D eigenvalue weighted by atomic mass is 32.2. The van der Waals surface area contributed by atoms with Gasteiger partial charge in [0.05, 0.1) is 12.6 Å². The predicted molar refractivity (Wildman–Crippen MR) is 128 cm³/mol. The summed E-state index contributed by atoms with van der Waals surface area (Å²) < 4.78 is 67.3. The largest absolute Gasteiger partial charge is 0.438 e. The molecule has 12 heteroatoms. The molecule has 36 heavy (non-hydrogen) atoms. The van der Waals surface area contributed by atoms with Crippen molar-refractivity contribution in [2.24, 2.45) is 5.92 Å². The Morgan fingerprint density at radius 3 is 2.42 bits per heavy atom. The molecule has 1 amide bonds. The first-order valence-corrected chi connectivity index (χ1v) is 13.1. The Bertz CT molecular complexity index is 1210. The number of aromatic nitrogens is 2. The van der Waals surface area contributed by atoms with Crippen LogP contribution in [0.4, 0.5) is 13.2 Å². The van der Waals surface area contributed by atoms with Crippen molar-refractivity contribution >= 4 is 15.7 Å². The molecule has 1 aliphatic heterocycles. The molecule has 8 nitrogen and oxygen atoms in total. The Hall–Kier alpha value is -2.99. The van der Waals surface area contributed by atoms with Gasteiger partial charge in [0.1, 0.15) is 17.1 Å². The summed E-state index contributed by atoms with van der Waals surface area (Å²) in [6.07, 6.45) is -0.744. The lowest BCUT2D eigenvalue weighted by Gasteiger charge is -2.43. The summed E-state index contributed by atoms with van der Waals surface area (Å²) in [5, 5.41) is 3.65. The summed E-state index contributed by atoms with van der Waals surface area (Å²) in [5.41, 5.74) is -0.422. The number of nitrogens with zero attached hydrogens (tertiary/aromatic N) is 3. The summed E-state index contributed by atoms with van der Waals surface area (Å²) in [7, 11) is -3.53. The molecule has 3 rings (SSSR count). The molecule has 196 valence electrons. The lowest BCUT2D eigenvalue weighted by molar-refractivity contribution is -0.159. The molecule has 0 bridgehead atoms. The molecule has 0 saturated carbocycles. The van der Waals surface area contributed by atoms with Gasteiger partial charge in [0.15, 0.2) is 9.84 Å². The smallest absolute Gasteiger partial charge is 0.401 e. The SMILES string of the molecule is CC(C)(C)c1ncc(C(=O)NC(/C=C/S(C)(=O)=O)C2CN(CC(F)(F)F)C2)c(Oc2ccccc2)n1. The van der Waals surface area contributed by atoms with E-state index in [9.17, 15) is 26.4 Å². The van der Waals surface area contributed by atoms with Crippen LogP contribution in [0.5, 0.6) is 11.6 Å². The lowest BCUT2D eigenvalue weighted by Crippen LogP contribution is -2.57. The van der Waals surface area contributed by atoms with E-state index in [2.05, 4.69) is 15.3 Å². The van der Waals surface area contributed by atoms with Crippen molar-refractivity contribution in [3.8, 4) is 11.6 Å². The number of amides is 1. The number of ether oxygens (including phenoxy) is 1. The highest BCUT2D eigenvalue weighted by molar-refractivity contribution is 7.93. The molecule has 2 aromatic rings. The Morgan fingerprint density at radius 1 is 1.22 bits per heavy atom. The quantitative estimate of drug-likeness (QED) is 0.560. The topological polar surface area (TPSA) is 101 Å². The Kier molecular flexibility index (Phi) is 8.09. The van der Waals surface area contributed by atoms with Gasteiger partial charge in [-0.15, -0.1) is 0 Å². The molecule has 0 aliphatic carbocycles. The van der Waals surface area contributed by atoms with E-state index in [0.717, 1.165) is 11.7 Å². The Labute approximate surface area is 208 Å². The minimum Gasteiger partial charge on any atom is -0.438 e. The molecule has 1 saturated heterocycles. The molecule has 1 aliphatic rings. The van der Waals surface area contributed by atoms with Crippen molar-refractivity contribution < 1.29 is 31.1 Å². The van der Waals surface area contributed by atoms with Gasteiger partial charge in [-0.05, 0) is 12.1 Å². The number of nitrogens with one attached hydrogen (secondary N) is 1. The van der Waals surface area contributed by atoms with E-state index < -0.39 is 45.8 Å². The number of para-hydroxylation sites is 1. The molecule has 1 atom stereocenters. The van der Waals surface area contributed by atoms with Gasteiger partial charge in [-0.3, -0.25) is 9.69 Å². The van der Waals surface area contributed by atoms with Gasteiger partial charge in [-0.25, -0.2) is 13.4 Å². The zero-order valence-electron chi connectivity index (χ0n) is 20.4. The summed E-state index contributed by atoms with van der Waals surface area (Å²) in [4.78, 5) is 23.2. The highest BCUT2D eigenvalue weighted by Crippen LogP contribution is 2.29. The van der Waals surface area contributed by atoms with Crippen molar-refractivity contribution in [2.45, 2.75) is 38.4 Å². The molecule has 1 aromatic heterocycles. The summed E-state index contributed by atoms with van der Waals surface area (Å²) in [6, 6.07) is 7.89. The zero-order chi connectivity index (χ0) is 26.7. The number of alkyl halides is 3. The zero-order valence-corrected chi connectivity index (χ0v) is 21.2. The third-order valence-electron chi connectivity index (χ3n) is 5.35. The van der Waals surface area contributed by atoms with E-state index in [1.54, 1.807) is 30.3 Å². The summed E-state index contributed by atoms with van der Waals surface area (Å²) in [5.74, 6) is -0.154. The average molecular weight is 527 g/mol. The number of hydrogen-bond donors (Lipinski definition) is 1. The number of halogens is 3. The van der Waals surface area contributed by atoms with Crippen LogP contribution in [0, 0.1) is 5.92 Å². The number of hydrogen-bond acceptors (Lipinski definition) is 7. The minimum atomic E-state index is -4.35. The van der Waals surface area contributed by atoms with Crippen molar-refractivity contribution in [1.82, 2.24) is 20.2 Å². The Morgan fingerprint density at radius 2 is 1.86 bits per heavy atom. The van der Waals surface area contributed by atoms with E-state index >= 15 is 0 Å². The van der Waals surface area contributed by atoms with Gasteiger partial charge in [0, 0.05) is 42.3 Å². The molecule has 1 unspecified atom stereocenters. The van der Waals surface area contributed by atoms with Crippen molar-refractivity contribution in [3.05, 3.63) is 59.4 Å². The predicted octanol–water partition coefficient (Wildman–Crippen LogP) is 3.72. The van der Waals surface area contributed by atoms with Crippen LogP contribution >= 0.6 is 0 Å². The van der Waals surface area contributed by atoms with E-state index in [1.807, 2.05) is 20.8 Å². The Balaban J connectivity index is 1.87.